The lowest BCUT2D eigenvalue weighted by Crippen LogP contribution is -2.49. The third kappa shape index (κ3) is 5.50. The zero-order valence-electron chi connectivity index (χ0n) is 12.0. The normalized spacial score (nSPS) is 11.9. The van der Waals surface area contributed by atoms with E-state index >= 15 is 0 Å². The minimum Gasteiger partial charge on any atom is -0.394 e. The molecule has 0 atom stereocenters. The highest BCUT2D eigenvalue weighted by molar-refractivity contribution is 5.78. The highest BCUT2D eigenvalue weighted by Gasteiger charge is 2.25. The minimum absolute atomic E-state index is 0.0539. The standard InChI is InChI=1S/C13H28N2O2/c1-6-8-15(9-7-2)12(17)10-14(5)13(3,4)11-16/h16H,6-11H2,1-5H3. The van der Waals surface area contributed by atoms with E-state index in [1.165, 1.54) is 0 Å². The van der Waals surface area contributed by atoms with Crippen LogP contribution in [0.15, 0.2) is 0 Å². The van der Waals surface area contributed by atoms with Crippen LogP contribution in [0.3, 0.4) is 0 Å². The van der Waals surface area contributed by atoms with Crippen LogP contribution in [0.5, 0.6) is 0 Å². The fourth-order valence-electron chi connectivity index (χ4n) is 1.54. The smallest absolute Gasteiger partial charge is 0.236 e. The Morgan fingerprint density at radius 3 is 2.00 bits per heavy atom. The van der Waals surface area contributed by atoms with Gasteiger partial charge in [0.05, 0.1) is 13.2 Å². The summed E-state index contributed by atoms with van der Waals surface area (Å²) in [7, 11) is 1.88. The largest absolute Gasteiger partial charge is 0.394 e. The number of amides is 1. The van der Waals surface area contributed by atoms with Gasteiger partial charge in [-0.1, -0.05) is 13.8 Å². The average Bonchev–Trinajstić information content (AvgIpc) is 2.28. The predicted molar refractivity (Wildman–Crippen MR) is 71.0 cm³/mol. The van der Waals surface area contributed by atoms with Crippen molar-refractivity contribution in [1.82, 2.24) is 9.80 Å². The second kappa shape index (κ2) is 7.67. The van der Waals surface area contributed by atoms with E-state index in [-0.39, 0.29) is 18.1 Å². The van der Waals surface area contributed by atoms with Gasteiger partial charge in [0.2, 0.25) is 5.91 Å². The monoisotopic (exact) mass is 244 g/mol. The first-order valence-electron chi connectivity index (χ1n) is 6.48. The second-order valence-corrected chi connectivity index (χ2v) is 5.21. The Bertz CT molecular complexity index is 223. The zero-order valence-corrected chi connectivity index (χ0v) is 12.0. The van der Waals surface area contributed by atoms with Crippen LogP contribution in [0.4, 0.5) is 0 Å². The number of aliphatic hydroxyl groups excluding tert-OH is 1. The van der Waals surface area contributed by atoms with Crippen molar-refractivity contribution in [3.05, 3.63) is 0 Å². The van der Waals surface area contributed by atoms with Crippen LogP contribution < -0.4 is 0 Å². The van der Waals surface area contributed by atoms with Gasteiger partial charge in [0.25, 0.3) is 0 Å². The molecule has 0 aromatic carbocycles. The van der Waals surface area contributed by atoms with Gasteiger partial charge in [-0.15, -0.1) is 0 Å². The molecule has 102 valence electrons. The molecule has 0 aliphatic rings. The van der Waals surface area contributed by atoms with Crippen LogP contribution in [0.1, 0.15) is 40.5 Å². The summed E-state index contributed by atoms with van der Waals surface area (Å²) < 4.78 is 0. The summed E-state index contributed by atoms with van der Waals surface area (Å²) in [4.78, 5) is 15.9. The predicted octanol–water partition coefficient (Wildman–Crippen LogP) is 1.34. The molecule has 0 rings (SSSR count). The SMILES string of the molecule is CCCN(CCC)C(=O)CN(C)C(C)(C)CO. The van der Waals surface area contributed by atoms with E-state index in [0.29, 0.717) is 6.54 Å². The number of rotatable bonds is 8. The maximum Gasteiger partial charge on any atom is 0.236 e. The molecular weight excluding hydrogens is 216 g/mol. The van der Waals surface area contributed by atoms with Crippen LogP contribution in [0.2, 0.25) is 0 Å². The van der Waals surface area contributed by atoms with Crippen LogP contribution in [0.25, 0.3) is 0 Å². The highest BCUT2D eigenvalue weighted by Crippen LogP contribution is 2.11. The maximum absolute atomic E-state index is 12.1. The van der Waals surface area contributed by atoms with Crippen LogP contribution in [0, 0.1) is 0 Å². The quantitative estimate of drug-likeness (QED) is 0.700. The van der Waals surface area contributed by atoms with Crippen molar-refractivity contribution in [2.75, 3.05) is 33.3 Å². The third-order valence-corrected chi connectivity index (χ3v) is 3.13. The molecule has 0 fully saturated rings. The van der Waals surface area contributed by atoms with Crippen LogP contribution >= 0.6 is 0 Å². The molecule has 0 bridgehead atoms. The van der Waals surface area contributed by atoms with Gasteiger partial charge in [0.15, 0.2) is 0 Å². The van der Waals surface area contributed by atoms with Crippen molar-refractivity contribution in [1.29, 1.82) is 0 Å². The Balaban J connectivity index is 4.39. The average molecular weight is 244 g/mol. The zero-order chi connectivity index (χ0) is 13.5. The summed E-state index contributed by atoms with van der Waals surface area (Å²) in [6.45, 7) is 10.1. The molecule has 0 unspecified atom stereocenters. The summed E-state index contributed by atoms with van der Waals surface area (Å²) >= 11 is 0. The number of aliphatic hydroxyl groups is 1. The number of carbonyl (C=O) groups excluding carboxylic acids is 1. The number of nitrogens with zero attached hydrogens (tertiary/aromatic N) is 2. The van der Waals surface area contributed by atoms with Crippen LogP contribution in [-0.2, 0) is 4.79 Å². The number of likely N-dealkylation sites (N-methyl/N-ethyl adjacent to an activating group) is 1. The van der Waals surface area contributed by atoms with E-state index in [1.807, 2.05) is 30.7 Å². The Morgan fingerprint density at radius 2 is 1.65 bits per heavy atom. The molecule has 0 aromatic heterocycles. The first-order valence-corrected chi connectivity index (χ1v) is 6.48. The summed E-state index contributed by atoms with van der Waals surface area (Å²) in [5.74, 6) is 0.151. The maximum atomic E-state index is 12.1. The van der Waals surface area contributed by atoms with Crippen LogP contribution in [-0.4, -0.2) is 59.6 Å². The number of hydrogen-bond acceptors (Lipinski definition) is 3. The lowest BCUT2D eigenvalue weighted by Gasteiger charge is -2.35. The van der Waals surface area contributed by atoms with E-state index in [2.05, 4.69) is 13.8 Å². The summed E-state index contributed by atoms with van der Waals surface area (Å²) in [5, 5.41) is 9.26. The Kier molecular flexibility index (Phi) is 7.39. The minimum atomic E-state index is -0.347. The van der Waals surface area contributed by atoms with Crippen molar-refractivity contribution in [2.24, 2.45) is 0 Å². The highest BCUT2D eigenvalue weighted by atomic mass is 16.3. The Morgan fingerprint density at radius 1 is 1.18 bits per heavy atom. The van der Waals surface area contributed by atoms with Crippen molar-refractivity contribution in [3.8, 4) is 0 Å². The molecular formula is C13H28N2O2. The van der Waals surface area contributed by atoms with Gasteiger partial charge in [0, 0.05) is 18.6 Å². The van der Waals surface area contributed by atoms with Crippen molar-refractivity contribution >= 4 is 5.91 Å². The van der Waals surface area contributed by atoms with Gasteiger partial charge in [-0.2, -0.15) is 0 Å². The first-order chi connectivity index (χ1) is 7.88. The van der Waals surface area contributed by atoms with Gasteiger partial charge in [-0.05, 0) is 33.7 Å². The van der Waals surface area contributed by atoms with Gasteiger partial charge >= 0.3 is 0 Å². The fraction of sp³-hybridized carbons (Fsp3) is 0.923. The Labute approximate surface area is 106 Å². The van der Waals surface area contributed by atoms with Crippen molar-refractivity contribution < 1.29 is 9.90 Å². The van der Waals surface area contributed by atoms with Gasteiger partial charge in [0.1, 0.15) is 0 Å². The molecule has 0 heterocycles. The molecule has 0 aliphatic heterocycles. The first kappa shape index (κ1) is 16.4. The molecule has 0 radical (unpaired) electrons. The number of hydrogen-bond donors (Lipinski definition) is 1. The van der Waals surface area contributed by atoms with Crippen molar-refractivity contribution in [3.63, 3.8) is 0 Å². The molecule has 0 saturated carbocycles. The van der Waals surface area contributed by atoms with Gasteiger partial charge in [-0.25, -0.2) is 0 Å². The van der Waals surface area contributed by atoms with E-state index in [0.717, 1.165) is 25.9 Å². The molecule has 17 heavy (non-hydrogen) atoms. The van der Waals surface area contributed by atoms with Gasteiger partial charge < -0.3 is 10.0 Å². The molecule has 0 saturated heterocycles. The molecule has 0 spiro atoms. The van der Waals surface area contributed by atoms with Crippen molar-refractivity contribution in [2.45, 2.75) is 46.1 Å². The third-order valence-electron chi connectivity index (χ3n) is 3.13. The molecule has 4 heteroatoms. The summed E-state index contributed by atoms with van der Waals surface area (Å²) in [6.07, 6.45) is 1.97. The summed E-state index contributed by atoms with van der Waals surface area (Å²) in [6, 6.07) is 0. The topological polar surface area (TPSA) is 43.8 Å². The lowest BCUT2D eigenvalue weighted by atomic mass is 10.1. The molecule has 1 amide bonds. The van der Waals surface area contributed by atoms with Gasteiger partial charge in [-0.3, -0.25) is 9.69 Å². The number of carbonyl (C=O) groups is 1. The van der Waals surface area contributed by atoms with E-state index in [4.69, 9.17) is 0 Å². The molecule has 0 aliphatic carbocycles. The van der Waals surface area contributed by atoms with E-state index < -0.39 is 0 Å². The molecule has 0 aromatic rings. The van der Waals surface area contributed by atoms with E-state index in [9.17, 15) is 9.90 Å². The second-order valence-electron chi connectivity index (χ2n) is 5.21. The fourth-order valence-corrected chi connectivity index (χ4v) is 1.54. The molecule has 1 N–H and O–H groups in total. The summed E-state index contributed by atoms with van der Waals surface area (Å²) in [5.41, 5.74) is -0.347. The Hall–Kier alpha value is -0.610. The lowest BCUT2D eigenvalue weighted by molar-refractivity contribution is -0.133. The molecule has 4 nitrogen and oxygen atoms in total. The van der Waals surface area contributed by atoms with E-state index in [1.54, 1.807) is 0 Å².